The molecule has 11 nitrogen and oxygen atoms in total. The average Bonchev–Trinajstić information content (AvgIpc) is 3.13. The lowest BCUT2D eigenvalue weighted by Crippen LogP contribution is -2.61. The van der Waals surface area contributed by atoms with Gasteiger partial charge in [0.25, 0.3) is 0 Å². The molecule has 192 valence electrons. The minimum Gasteiger partial charge on any atom is -0.463 e. The molecule has 0 aromatic heterocycles. The number of aliphatic imine (C=N–C) groups is 1. The molecule has 0 aromatic carbocycles. The molecule has 2 fully saturated rings. The van der Waals surface area contributed by atoms with Crippen LogP contribution < -0.4 is 0 Å². The summed E-state index contributed by atoms with van der Waals surface area (Å²) in [5, 5.41) is 0. The van der Waals surface area contributed by atoms with E-state index in [1.54, 1.807) is 13.8 Å². The van der Waals surface area contributed by atoms with Gasteiger partial charge in [-0.25, -0.2) is 4.99 Å². The van der Waals surface area contributed by atoms with Gasteiger partial charge in [0, 0.05) is 39.5 Å². The Balaban J connectivity index is 1.87. The second-order valence-corrected chi connectivity index (χ2v) is 9.02. The summed E-state index contributed by atoms with van der Waals surface area (Å²) in [6.45, 7) is 11.2. The van der Waals surface area contributed by atoms with Crippen LogP contribution in [-0.4, -0.2) is 79.6 Å². The first kappa shape index (κ1) is 26.4. The molecular formula is C23H35NO10. The maximum absolute atomic E-state index is 11.9. The van der Waals surface area contributed by atoms with E-state index in [1.807, 2.05) is 13.8 Å². The van der Waals surface area contributed by atoms with Crippen molar-refractivity contribution in [1.82, 2.24) is 0 Å². The summed E-state index contributed by atoms with van der Waals surface area (Å²) in [6, 6.07) is -0.244. The fourth-order valence-corrected chi connectivity index (χ4v) is 4.76. The molecular weight excluding hydrogens is 450 g/mol. The molecule has 0 spiro atoms. The lowest BCUT2D eigenvalue weighted by atomic mass is 9.87. The third kappa shape index (κ3) is 5.87. The predicted molar refractivity (Wildman–Crippen MR) is 117 cm³/mol. The smallest absolute Gasteiger partial charge is 0.303 e. The van der Waals surface area contributed by atoms with Crippen molar-refractivity contribution >= 4 is 23.8 Å². The van der Waals surface area contributed by atoms with E-state index < -0.39 is 60.8 Å². The van der Waals surface area contributed by atoms with Crippen LogP contribution in [0.1, 0.15) is 54.9 Å². The summed E-state index contributed by atoms with van der Waals surface area (Å²) in [7, 11) is 0. The molecule has 0 N–H and O–H groups in total. The molecule has 3 aliphatic rings. The zero-order valence-corrected chi connectivity index (χ0v) is 20.7. The van der Waals surface area contributed by atoms with Gasteiger partial charge in [-0.1, -0.05) is 20.8 Å². The normalized spacial score (nSPS) is 39.3. The van der Waals surface area contributed by atoms with Gasteiger partial charge in [-0.2, -0.15) is 0 Å². The van der Waals surface area contributed by atoms with Crippen molar-refractivity contribution in [3.8, 4) is 0 Å². The third-order valence-electron chi connectivity index (χ3n) is 6.36. The molecule has 0 bridgehead atoms. The van der Waals surface area contributed by atoms with Gasteiger partial charge < -0.3 is 33.2 Å². The fourth-order valence-electron chi connectivity index (χ4n) is 4.76. The summed E-state index contributed by atoms with van der Waals surface area (Å²) in [5.41, 5.74) is 0. The maximum atomic E-state index is 11.9. The number of fused-ring (bicyclic) bond motifs is 1. The highest BCUT2D eigenvalue weighted by Gasteiger charge is 2.53. The Kier molecular flexibility index (Phi) is 8.53. The van der Waals surface area contributed by atoms with Crippen molar-refractivity contribution in [2.75, 3.05) is 6.61 Å². The highest BCUT2D eigenvalue weighted by atomic mass is 16.7. The molecule has 3 heterocycles. The number of nitrogens with zero attached hydrogens (tertiary/aromatic N) is 1. The monoisotopic (exact) mass is 485 g/mol. The largest absolute Gasteiger partial charge is 0.463 e. The second-order valence-electron chi connectivity index (χ2n) is 9.02. The van der Waals surface area contributed by atoms with Crippen molar-refractivity contribution in [1.29, 1.82) is 0 Å². The quantitative estimate of drug-likeness (QED) is 0.388. The van der Waals surface area contributed by atoms with Crippen LogP contribution in [0.4, 0.5) is 0 Å². The van der Waals surface area contributed by atoms with E-state index in [-0.39, 0.29) is 24.7 Å². The zero-order valence-electron chi connectivity index (χ0n) is 20.7. The summed E-state index contributed by atoms with van der Waals surface area (Å²) < 4.78 is 40.6. The van der Waals surface area contributed by atoms with E-state index in [9.17, 15) is 14.4 Å². The molecule has 2 saturated heterocycles. The van der Waals surface area contributed by atoms with Gasteiger partial charge >= 0.3 is 17.9 Å². The molecule has 0 aliphatic carbocycles. The van der Waals surface area contributed by atoms with Crippen LogP contribution in [0.25, 0.3) is 0 Å². The van der Waals surface area contributed by atoms with Crippen molar-refractivity contribution in [3.63, 3.8) is 0 Å². The van der Waals surface area contributed by atoms with Crippen LogP contribution in [0.3, 0.4) is 0 Å². The number of hydrogen-bond acceptors (Lipinski definition) is 11. The molecule has 0 aromatic rings. The van der Waals surface area contributed by atoms with Crippen molar-refractivity contribution in [2.24, 2.45) is 16.8 Å². The minimum atomic E-state index is -1.01. The van der Waals surface area contributed by atoms with Gasteiger partial charge in [-0.05, 0) is 6.42 Å². The van der Waals surface area contributed by atoms with Crippen LogP contribution >= 0.6 is 0 Å². The van der Waals surface area contributed by atoms with E-state index in [1.165, 1.54) is 20.8 Å². The van der Waals surface area contributed by atoms with Crippen molar-refractivity contribution < 1.29 is 47.5 Å². The Labute approximate surface area is 199 Å². The van der Waals surface area contributed by atoms with Crippen molar-refractivity contribution in [2.45, 2.75) is 104 Å². The fraction of sp³-hybridized carbons (Fsp3) is 0.826. The topological polar surface area (TPSA) is 128 Å². The first-order valence-electron chi connectivity index (χ1n) is 11.7. The summed E-state index contributed by atoms with van der Waals surface area (Å²) in [5.74, 6) is -1.60. The lowest BCUT2D eigenvalue weighted by Gasteiger charge is -2.47. The third-order valence-corrected chi connectivity index (χ3v) is 6.36. The van der Waals surface area contributed by atoms with E-state index in [0.717, 1.165) is 0 Å². The molecule has 0 saturated carbocycles. The molecule has 3 rings (SSSR count). The second kappa shape index (κ2) is 11.0. The summed E-state index contributed by atoms with van der Waals surface area (Å²) in [6.07, 6.45) is -4.10. The van der Waals surface area contributed by atoms with E-state index in [2.05, 4.69) is 4.99 Å². The van der Waals surface area contributed by atoms with Crippen LogP contribution in [0.2, 0.25) is 0 Å². The van der Waals surface area contributed by atoms with Gasteiger partial charge in [0.2, 0.25) is 6.29 Å². The Bertz CT molecular complexity index is 799. The standard InChI is InChI=1S/C23H35NO10/c1-8-16-19(10(2)18-22(32-16)29-12(4)24-18)34-23-21(31-15(7)27)11(3)20(30-14(6)26)17(33-23)9-28-13(5)25/h10-11,16-23H,8-9H2,1-7H3/t10-,11+,16?,17?,18?,19+,20-,21?,22+,23+/m1/s1. The predicted octanol–water partition coefficient (Wildman–Crippen LogP) is 1.75. The molecule has 34 heavy (non-hydrogen) atoms. The Hall–Kier alpha value is -2.24. The lowest BCUT2D eigenvalue weighted by molar-refractivity contribution is -0.329. The molecule has 4 unspecified atom stereocenters. The van der Waals surface area contributed by atoms with Crippen LogP contribution in [0.15, 0.2) is 4.99 Å². The van der Waals surface area contributed by atoms with Crippen LogP contribution in [-0.2, 0) is 47.5 Å². The van der Waals surface area contributed by atoms with Gasteiger partial charge in [-0.15, -0.1) is 0 Å². The molecule has 0 radical (unpaired) electrons. The summed E-state index contributed by atoms with van der Waals surface area (Å²) >= 11 is 0. The van der Waals surface area contributed by atoms with Gasteiger partial charge in [0.15, 0.2) is 18.3 Å². The number of carbonyl (C=O) groups excluding carboxylic acids is 3. The molecule has 10 atom stereocenters. The highest BCUT2D eigenvalue weighted by Crippen LogP contribution is 2.39. The van der Waals surface area contributed by atoms with Gasteiger partial charge in [-0.3, -0.25) is 14.4 Å². The minimum absolute atomic E-state index is 0.0869. The molecule has 11 heteroatoms. The van der Waals surface area contributed by atoms with Crippen LogP contribution in [0, 0.1) is 11.8 Å². The number of hydrogen-bond donors (Lipinski definition) is 0. The highest BCUT2D eigenvalue weighted by molar-refractivity contribution is 5.75. The SMILES string of the molecule is CCC1O[C@@H]2OC(C)=NC2[C@@H](C)[C@@H]1O[C@@H]1OC(COC(C)=O)[C@H](OC(C)=O)[C@H](C)C1OC(C)=O. The Morgan fingerprint density at radius 2 is 1.53 bits per heavy atom. The van der Waals surface area contributed by atoms with Crippen molar-refractivity contribution in [3.05, 3.63) is 0 Å². The van der Waals surface area contributed by atoms with E-state index in [4.69, 9.17) is 33.2 Å². The first-order valence-corrected chi connectivity index (χ1v) is 11.7. The van der Waals surface area contributed by atoms with Gasteiger partial charge in [0.05, 0.1) is 12.2 Å². The first-order chi connectivity index (χ1) is 16.0. The van der Waals surface area contributed by atoms with Crippen LogP contribution in [0.5, 0.6) is 0 Å². The van der Waals surface area contributed by atoms with Gasteiger partial charge in [0.1, 0.15) is 24.9 Å². The molecule has 0 amide bonds. The Morgan fingerprint density at radius 1 is 0.882 bits per heavy atom. The van der Waals surface area contributed by atoms with E-state index in [0.29, 0.717) is 12.3 Å². The number of carbonyl (C=O) groups is 3. The summed E-state index contributed by atoms with van der Waals surface area (Å²) in [4.78, 5) is 39.7. The average molecular weight is 486 g/mol. The number of ether oxygens (including phenoxy) is 7. The van der Waals surface area contributed by atoms with E-state index >= 15 is 0 Å². The number of rotatable bonds is 7. The molecule has 3 aliphatic heterocycles. The Morgan fingerprint density at radius 3 is 2.12 bits per heavy atom. The maximum Gasteiger partial charge on any atom is 0.303 e. The zero-order chi connectivity index (χ0) is 25.2. The number of esters is 3.